The van der Waals surface area contributed by atoms with Gasteiger partial charge in [-0.1, -0.05) is 13.8 Å². The molecule has 1 heterocycles. The van der Waals surface area contributed by atoms with E-state index >= 15 is 0 Å². The third-order valence-electron chi connectivity index (χ3n) is 2.64. The summed E-state index contributed by atoms with van der Waals surface area (Å²) in [5, 5.41) is 2.98. The van der Waals surface area contributed by atoms with Crippen molar-refractivity contribution in [3.8, 4) is 5.88 Å². The first-order chi connectivity index (χ1) is 10.3. The van der Waals surface area contributed by atoms with Crippen molar-refractivity contribution in [2.75, 3.05) is 13.2 Å². The van der Waals surface area contributed by atoms with Crippen LogP contribution >= 0.6 is 24.0 Å². The van der Waals surface area contributed by atoms with Crippen molar-refractivity contribution in [1.29, 1.82) is 0 Å². The number of nitrogens with one attached hydrogen (secondary N) is 1. The minimum Gasteiger partial charge on any atom is -0.468 e. The van der Waals surface area contributed by atoms with Crippen molar-refractivity contribution in [1.82, 2.24) is 10.3 Å². The second kappa shape index (κ2) is 10.5. The van der Waals surface area contributed by atoms with Crippen molar-refractivity contribution in [2.24, 2.45) is 16.6 Å². The number of rotatable bonds is 7. The summed E-state index contributed by atoms with van der Waals surface area (Å²) in [6.07, 6.45) is -2.04. The van der Waals surface area contributed by atoms with E-state index in [4.69, 9.17) is 5.73 Å². The molecule has 9 heteroatoms. The van der Waals surface area contributed by atoms with Crippen LogP contribution in [0.1, 0.15) is 25.8 Å². The van der Waals surface area contributed by atoms with E-state index in [9.17, 15) is 13.2 Å². The summed E-state index contributed by atoms with van der Waals surface area (Å²) in [5.41, 5.74) is 6.37. The third kappa shape index (κ3) is 11.0. The number of alkyl halides is 3. The highest BCUT2D eigenvalue weighted by atomic mass is 127. The molecular formula is C14H22F3IN4O. The molecule has 0 saturated carbocycles. The normalized spacial score (nSPS) is 12.0. The topological polar surface area (TPSA) is 72.5 Å². The maximum absolute atomic E-state index is 12.1. The Kier molecular flexibility index (Phi) is 9.93. The van der Waals surface area contributed by atoms with Crippen molar-refractivity contribution in [3.63, 3.8) is 0 Å². The van der Waals surface area contributed by atoms with E-state index in [0.717, 1.165) is 13.0 Å². The predicted molar refractivity (Wildman–Crippen MR) is 94.0 cm³/mol. The molecule has 0 spiro atoms. The van der Waals surface area contributed by atoms with Crippen molar-refractivity contribution >= 4 is 29.9 Å². The summed E-state index contributed by atoms with van der Waals surface area (Å²) >= 11 is 0. The molecule has 0 unspecified atom stereocenters. The number of ether oxygens (including phenoxy) is 1. The Hall–Kier alpha value is -1.26. The largest absolute Gasteiger partial charge is 0.468 e. The summed E-state index contributed by atoms with van der Waals surface area (Å²) in [5.74, 6) is 0.778. The van der Waals surface area contributed by atoms with Gasteiger partial charge in [0.15, 0.2) is 12.6 Å². The zero-order valence-corrected chi connectivity index (χ0v) is 15.4. The lowest BCUT2D eigenvalue weighted by molar-refractivity contribution is -0.154. The Bertz CT molecular complexity index is 495. The van der Waals surface area contributed by atoms with Gasteiger partial charge < -0.3 is 15.8 Å². The predicted octanol–water partition coefficient (Wildman–Crippen LogP) is 3.09. The number of nitrogens with zero attached hydrogens (tertiary/aromatic N) is 2. The van der Waals surface area contributed by atoms with Gasteiger partial charge in [-0.05, 0) is 24.0 Å². The van der Waals surface area contributed by atoms with Crippen molar-refractivity contribution in [2.45, 2.75) is 33.0 Å². The average Bonchev–Trinajstić information content (AvgIpc) is 2.42. The molecule has 0 atom stereocenters. The summed E-state index contributed by atoms with van der Waals surface area (Å²) in [6, 6.07) is 3.06. The Morgan fingerprint density at radius 3 is 2.74 bits per heavy atom. The van der Waals surface area contributed by atoms with Crippen LogP contribution in [0.25, 0.3) is 0 Å². The smallest absolute Gasteiger partial charge is 0.422 e. The lowest BCUT2D eigenvalue weighted by Crippen LogP contribution is -2.32. The Labute approximate surface area is 150 Å². The van der Waals surface area contributed by atoms with E-state index in [1.807, 2.05) is 0 Å². The van der Waals surface area contributed by atoms with Crippen LogP contribution in [-0.2, 0) is 6.54 Å². The number of hydrogen-bond donors (Lipinski definition) is 2. The van der Waals surface area contributed by atoms with E-state index in [0.29, 0.717) is 17.4 Å². The quantitative estimate of drug-likeness (QED) is 0.384. The first kappa shape index (κ1) is 21.7. The Morgan fingerprint density at radius 1 is 1.43 bits per heavy atom. The summed E-state index contributed by atoms with van der Waals surface area (Å²) < 4.78 is 40.8. The molecule has 5 nitrogen and oxygen atoms in total. The second-order valence-corrected chi connectivity index (χ2v) is 5.22. The minimum absolute atomic E-state index is 0. The molecule has 3 N–H and O–H groups in total. The van der Waals surface area contributed by atoms with Gasteiger partial charge in [0.1, 0.15) is 0 Å². The molecule has 132 valence electrons. The van der Waals surface area contributed by atoms with Crippen LogP contribution < -0.4 is 15.8 Å². The Balaban J connectivity index is 0.00000484. The highest BCUT2D eigenvalue weighted by Gasteiger charge is 2.28. The maximum atomic E-state index is 12.1. The number of hydrogen-bond acceptors (Lipinski definition) is 3. The van der Waals surface area contributed by atoms with Gasteiger partial charge in [0, 0.05) is 18.8 Å². The van der Waals surface area contributed by atoms with Gasteiger partial charge in [0.2, 0.25) is 5.88 Å². The van der Waals surface area contributed by atoms with E-state index in [-0.39, 0.29) is 36.4 Å². The number of guanidine groups is 1. The van der Waals surface area contributed by atoms with Crippen LogP contribution in [0.5, 0.6) is 5.88 Å². The average molecular weight is 446 g/mol. The number of nitrogens with two attached hydrogens (primary N) is 1. The molecule has 0 amide bonds. The molecule has 0 saturated heterocycles. The first-order valence-electron chi connectivity index (χ1n) is 6.94. The number of halogens is 4. The SMILES string of the molecule is CC(C)CCNC(N)=NCc1ccnc(OCC(F)(F)F)c1.I. The fraction of sp³-hybridized carbons (Fsp3) is 0.571. The monoisotopic (exact) mass is 446 g/mol. The van der Waals surface area contributed by atoms with Gasteiger partial charge in [-0.15, -0.1) is 24.0 Å². The zero-order valence-electron chi connectivity index (χ0n) is 13.1. The molecule has 1 aromatic heterocycles. The van der Waals surface area contributed by atoms with Crippen LogP contribution in [0.2, 0.25) is 0 Å². The highest BCUT2D eigenvalue weighted by Crippen LogP contribution is 2.17. The van der Waals surface area contributed by atoms with Gasteiger partial charge in [0.05, 0.1) is 6.54 Å². The summed E-state index contributed by atoms with van der Waals surface area (Å²) in [7, 11) is 0. The fourth-order valence-corrected chi connectivity index (χ4v) is 1.50. The van der Waals surface area contributed by atoms with E-state index in [1.165, 1.54) is 12.3 Å². The third-order valence-corrected chi connectivity index (χ3v) is 2.64. The van der Waals surface area contributed by atoms with Gasteiger partial charge >= 0.3 is 6.18 Å². The van der Waals surface area contributed by atoms with Crippen LogP contribution in [0.3, 0.4) is 0 Å². The second-order valence-electron chi connectivity index (χ2n) is 5.22. The number of pyridine rings is 1. The summed E-state index contributed by atoms with van der Waals surface area (Å²) in [4.78, 5) is 7.84. The minimum atomic E-state index is -4.39. The molecule has 23 heavy (non-hydrogen) atoms. The molecule has 0 aliphatic rings. The standard InChI is InChI=1S/C14H21F3N4O.HI/c1-10(2)3-5-20-13(18)21-8-11-4-6-19-12(7-11)22-9-14(15,16)17;/h4,6-7,10H,3,5,8-9H2,1-2H3,(H3,18,20,21);1H. The van der Waals surface area contributed by atoms with Gasteiger partial charge in [0.25, 0.3) is 0 Å². The molecule has 0 aliphatic heterocycles. The maximum Gasteiger partial charge on any atom is 0.422 e. The van der Waals surface area contributed by atoms with Crippen LogP contribution in [0.4, 0.5) is 13.2 Å². The molecule has 0 aromatic carbocycles. The Morgan fingerprint density at radius 2 is 2.13 bits per heavy atom. The first-order valence-corrected chi connectivity index (χ1v) is 6.94. The summed E-state index contributed by atoms with van der Waals surface area (Å²) in [6.45, 7) is 3.81. The van der Waals surface area contributed by atoms with E-state index < -0.39 is 12.8 Å². The molecule has 1 aromatic rings. The van der Waals surface area contributed by atoms with Crippen molar-refractivity contribution < 1.29 is 17.9 Å². The molecule has 0 aliphatic carbocycles. The van der Waals surface area contributed by atoms with Gasteiger partial charge in [-0.3, -0.25) is 0 Å². The number of aliphatic imine (C=N–C) groups is 1. The molecular weight excluding hydrogens is 424 g/mol. The molecule has 0 fully saturated rings. The lowest BCUT2D eigenvalue weighted by atomic mass is 10.1. The highest BCUT2D eigenvalue weighted by molar-refractivity contribution is 14.0. The molecule has 0 radical (unpaired) electrons. The van der Waals surface area contributed by atoms with E-state index in [1.54, 1.807) is 6.07 Å². The fourth-order valence-electron chi connectivity index (χ4n) is 1.50. The molecule has 1 rings (SSSR count). The van der Waals surface area contributed by atoms with Gasteiger partial charge in [-0.25, -0.2) is 9.98 Å². The van der Waals surface area contributed by atoms with Gasteiger partial charge in [-0.2, -0.15) is 13.2 Å². The van der Waals surface area contributed by atoms with E-state index in [2.05, 4.69) is 33.9 Å². The van der Waals surface area contributed by atoms with Crippen LogP contribution in [-0.4, -0.2) is 30.3 Å². The van der Waals surface area contributed by atoms with Crippen LogP contribution in [0.15, 0.2) is 23.3 Å². The van der Waals surface area contributed by atoms with Crippen molar-refractivity contribution in [3.05, 3.63) is 23.9 Å². The number of aromatic nitrogens is 1. The molecule has 0 bridgehead atoms. The van der Waals surface area contributed by atoms with Crippen LogP contribution in [0, 0.1) is 5.92 Å². The lowest BCUT2D eigenvalue weighted by Gasteiger charge is -2.09. The zero-order chi connectivity index (χ0) is 16.6.